The van der Waals surface area contributed by atoms with Gasteiger partial charge in [-0.15, -0.1) is 5.10 Å². The highest BCUT2D eigenvalue weighted by Gasteiger charge is 2.28. The normalized spacial score (nSPS) is 19.0. The molecule has 0 bridgehead atoms. The van der Waals surface area contributed by atoms with E-state index in [2.05, 4.69) is 31.9 Å². The average molecular weight is 330 g/mol. The zero-order chi connectivity index (χ0) is 16.3. The van der Waals surface area contributed by atoms with Crippen LogP contribution >= 0.6 is 0 Å². The number of anilines is 3. The molecule has 1 fully saturated rings. The molecule has 1 unspecified atom stereocenters. The predicted molar refractivity (Wildman–Crippen MR) is 84.9 cm³/mol. The van der Waals surface area contributed by atoms with Crippen LogP contribution in [0.2, 0.25) is 0 Å². The van der Waals surface area contributed by atoms with Crippen LogP contribution in [-0.2, 0) is 9.84 Å². The van der Waals surface area contributed by atoms with Gasteiger partial charge in [-0.25, -0.2) is 8.42 Å². The Bertz CT molecular complexity index is 862. The summed E-state index contributed by atoms with van der Waals surface area (Å²) >= 11 is 0. The largest absolute Gasteiger partial charge is 0.349 e. The minimum Gasteiger partial charge on any atom is -0.349 e. The Hall–Kier alpha value is -2.73. The van der Waals surface area contributed by atoms with Crippen LogP contribution in [0, 0.1) is 11.3 Å². The molecule has 1 aromatic carbocycles. The first-order valence-electron chi connectivity index (χ1n) is 6.98. The number of para-hydroxylation sites is 1. The second kappa shape index (κ2) is 6.18. The van der Waals surface area contributed by atoms with Gasteiger partial charge in [0, 0.05) is 6.04 Å². The van der Waals surface area contributed by atoms with Crippen LogP contribution in [0.3, 0.4) is 0 Å². The van der Waals surface area contributed by atoms with Crippen molar-refractivity contribution in [3.05, 3.63) is 36.0 Å². The number of rotatable bonds is 4. The number of sulfone groups is 1. The van der Waals surface area contributed by atoms with Crippen molar-refractivity contribution in [3.63, 3.8) is 0 Å². The minimum absolute atomic E-state index is 0.0747. The van der Waals surface area contributed by atoms with Gasteiger partial charge >= 0.3 is 0 Å². The third-order valence-electron chi connectivity index (χ3n) is 3.43. The van der Waals surface area contributed by atoms with Crippen LogP contribution in [0.4, 0.5) is 17.5 Å². The lowest BCUT2D eigenvalue weighted by Gasteiger charge is -2.11. The van der Waals surface area contributed by atoms with E-state index >= 15 is 0 Å². The Morgan fingerprint density at radius 3 is 2.87 bits per heavy atom. The van der Waals surface area contributed by atoms with Crippen LogP contribution in [0.5, 0.6) is 0 Å². The Morgan fingerprint density at radius 1 is 1.30 bits per heavy atom. The monoisotopic (exact) mass is 330 g/mol. The number of nitriles is 1. The second-order valence-corrected chi connectivity index (χ2v) is 7.42. The van der Waals surface area contributed by atoms with Crippen LogP contribution in [-0.4, -0.2) is 41.1 Å². The molecular formula is C14H14N6O2S. The van der Waals surface area contributed by atoms with Gasteiger partial charge in [0.05, 0.1) is 29.0 Å². The Morgan fingerprint density at radius 2 is 2.13 bits per heavy atom. The van der Waals surface area contributed by atoms with Gasteiger partial charge in [0.2, 0.25) is 5.95 Å². The molecule has 8 nitrogen and oxygen atoms in total. The molecule has 1 aliphatic heterocycles. The molecule has 0 aliphatic carbocycles. The molecule has 0 saturated carbocycles. The molecule has 0 amide bonds. The van der Waals surface area contributed by atoms with Crippen LogP contribution < -0.4 is 10.6 Å². The van der Waals surface area contributed by atoms with Crippen molar-refractivity contribution in [1.82, 2.24) is 15.2 Å². The predicted octanol–water partition coefficient (Wildman–Crippen LogP) is 1.09. The van der Waals surface area contributed by atoms with Crippen molar-refractivity contribution in [1.29, 1.82) is 5.26 Å². The zero-order valence-corrected chi connectivity index (χ0v) is 12.9. The van der Waals surface area contributed by atoms with Gasteiger partial charge in [-0.2, -0.15) is 15.3 Å². The summed E-state index contributed by atoms with van der Waals surface area (Å²) in [6.07, 6.45) is 1.96. The first-order valence-corrected chi connectivity index (χ1v) is 8.81. The molecule has 1 saturated heterocycles. The molecule has 2 heterocycles. The van der Waals surface area contributed by atoms with E-state index in [1.807, 2.05) is 0 Å². The van der Waals surface area contributed by atoms with E-state index in [-0.39, 0.29) is 23.5 Å². The van der Waals surface area contributed by atoms with Gasteiger partial charge < -0.3 is 10.6 Å². The van der Waals surface area contributed by atoms with Gasteiger partial charge in [-0.3, -0.25) is 0 Å². The molecule has 1 aliphatic rings. The third kappa shape index (κ3) is 3.73. The summed E-state index contributed by atoms with van der Waals surface area (Å²) in [4.78, 5) is 4.25. The molecule has 1 aromatic heterocycles. The molecule has 2 aromatic rings. The van der Waals surface area contributed by atoms with E-state index in [1.165, 1.54) is 6.20 Å². The quantitative estimate of drug-likeness (QED) is 0.854. The smallest absolute Gasteiger partial charge is 0.244 e. The van der Waals surface area contributed by atoms with E-state index in [0.29, 0.717) is 23.5 Å². The summed E-state index contributed by atoms with van der Waals surface area (Å²) in [5.74, 6) is 0.925. The lowest BCUT2D eigenvalue weighted by Crippen LogP contribution is -2.22. The topological polar surface area (TPSA) is 121 Å². The van der Waals surface area contributed by atoms with Crippen molar-refractivity contribution in [2.75, 3.05) is 22.1 Å². The molecule has 0 spiro atoms. The van der Waals surface area contributed by atoms with E-state index in [9.17, 15) is 8.42 Å². The maximum absolute atomic E-state index is 11.5. The van der Waals surface area contributed by atoms with Gasteiger partial charge in [-0.05, 0) is 18.6 Å². The fourth-order valence-electron chi connectivity index (χ4n) is 2.34. The average Bonchev–Trinajstić information content (AvgIpc) is 2.87. The minimum atomic E-state index is -2.97. The zero-order valence-electron chi connectivity index (χ0n) is 12.1. The van der Waals surface area contributed by atoms with Gasteiger partial charge in [0.25, 0.3) is 0 Å². The van der Waals surface area contributed by atoms with Crippen molar-refractivity contribution in [2.24, 2.45) is 0 Å². The molecule has 118 valence electrons. The number of nitrogens with one attached hydrogen (secondary N) is 2. The van der Waals surface area contributed by atoms with Crippen molar-refractivity contribution in [2.45, 2.75) is 12.5 Å². The standard InChI is InChI=1S/C14H14N6O2S/c15-7-10-3-1-2-4-12(10)18-13-8-16-20-14(19-13)17-11-5-6-23(21,22)9-11/h1-4,8,11H,5-6,9H2,(H2,17,18,19,20). The van der Waals surface area contributed by atoms with E-state index < -0.39 is 9.84 Å². The molecule has 0 radical (unpaired) electrons. The Labute approximate surface area is 133 Å². The molecule has 2 N–H and O–H groups in total. The summed E-state index contributed by atoms with van der Waals surface area (Å²) < 4.78 is 22.9. The number of hydrogen-bond donors (Lipinski definition) is 2. The fourth-order valence-corrected chi connectivity index (χ4v) is 4.02. The van der Waals surface area contributed by atoms with Gasteiger partial charge in [0.1, 0.15) is 6.07 Å². The first-order chi connectivity index (χ1) is 11.1. The van der Waals surface area contributed by atoms with E-state index in [1.54, 1.807) is 24.3 Å². The maximum Gasteiger partial charge on any atom is 0.244 e. The van der Waals surface area contributed by atoms with E-state index in [4.69, 9.17) is 5.26 Å². The van der Waals surface area contributed by atoms with Crippen LogP contribution in [0.15, 0.2) is 30.5 Å². The summed E-state index contributed by atoms with van der Waals surface area (Å²) in [5.41, 5.74) is 1.10. The Kier molecular flexibility index (Phi) is 4.08. The number of benzene rings is 1. The summed E-state index contributed by atoms with van der Waals surface area (Å²) in [6.45, 7) is 0. The van der Waals surface area contributed by atoms with Crippen molar-refractivity contribution in [3.8, 4) is 6.07 Å². The van der Waals surface area contributed by atoms with Crippen molar-refractivity contribution < 1.29 is 8.42 Å². The van der Waals surface area contributed by atoms with Crippen LogP contribution in [0.25, 0.3) is 0 Å². The highest BCUT2D eigenvalue weighted by atomic mass is 32.2. The van der Waals surface area contributed by atoms with Gasteiger partial charge in [-0.1, -0.05) is 12.1 Å². The summed E-state index contributed by atoms with van der Waals surface area (Å²) in [6, 6.07) is 8.92. The molecule has 23 heavy (non-hydrogen) atoms. The molecule has 3 rings (SSSR count). The third-order valence-corrected chi connectivity index (χ3v) is 5.20. The SMILES string of the molecule is N#Cc1ccccc1Nc1cnnc(NC2CCS(=O)(=O)C2)n1. The van der Waals surface area contributed by atoms with Gasteiger partial charge in [0.15, 0.2) is 15.7 Å². The lowest BCUT2D eigenvalue weighted by atomic mass is 10.2. The number of aromatic nitrogens is 3. The molecular weight excluding hydrogens is 316 g/mol. The molecule has 9 heteroatoms. The first kappa shape index (κ1) is 15.2. The summed E-state index contributed by atoms with van der Waals surface area (Å²) in [7, 11) is -2.97. The van der Waals surface area contributed by atoms with Crippen molar-refractivity contribution >= 4 is 27.3 Å². The molecule has 1 atom stereocenters. The van der Waals surface area contributed by atoms with E-state index in [0.717, 1.165) is 0 Å². The lowest BCUT2D eigenvalue weighted by molar-refractivity contribution is 0.602. The Balaban J connectivity index is 1.74. The fraction of sp³-hybridized carbons (Fsp3) is 0.286. The number of nitrogens with zero attached hydrogens (tertiary/aromatic N) is 4. The number of hydrogen-bond acceptors (Lipinski definition) is 8. The maximum atomic E-state index is 11.5. The highest BCUT2D eigenvalue weighted by molar-refractivity contribution is 7.91. The van der Waals surface area contributed by atoms with Crippen LogP contribution in [0.1, 0.15) is 12.0 Å². The second-order valence-electron chi connectivity index (χ2n) is 5.19. The highest BCUT2D eigenvalue weighted by Crippen LogP contribution is 2.19. The summed E-state index contributed by atoms with van der Waals surface area (Å²) in [5, 5.41) is 22.8.